The first-order valence-electron chi connectivity index (χ1n) is 6.62. The van der Waals surface area contributed by atoms with Crippen LogP contribution in [-0.4, -0.2) is 38.0 Å². The van der Waals surface area contributed by atoms with Crippen molar-refractivity contribution >= 4 is 21.6 Å². The van der Waals surface area contributed by atoms with Crippen LogP contribution in [0.2, 0.25) is 5.02 Å². The molecule has 0 aliphatic heterocycles. The van der Waals surface area contributed by atoms with Crippen molar-refractivity contribution in [2.24, 2.45) is 5.92 Å². The summed E-state index contributed by atoms with van der Waals surface area (Å²) in [5.41, 5.74) is 0.342. The van der Waals surface area contributed by atoms with Crippen LogP contribution in [0, 0.1) is 5.92 Å². The van der Waals surface area contributed by atoms with E-state index in [0.717, 1.165) is 0 Å². The zero-order chi connectivity index (χ0) is 16.4. The zero-order valence-electron chi connectivity index (χ0n) is 12.9. The predicted octanol–water partition coefficient (Wildman–Crippen LogP) is 2.51. The molecule has 0 fully saturated rings. The third-order valence-electron chi connectivity index (χ3n) is 3.67. The molecule has 1 unspecified atom stereocenters. The van der Waals surface area contributed by atoms with E-state index in [2.05, 4.69) is 0 Å². The van der Waals surface area contributed by atoms with Crippen molar-refractivity contribution in [2.75, 3.05) is 14.2 Å². The summed E-state index contributed by atoms with van der Waals surface area (Å²) in [5.74, 6) is 0.289. The molecule has 1 aromatic rings. The lowest BCUT2D eigenvalue weighted by Crippen LogP contribution is -2.38. The van der Waals surface area contributed by atoms with E-state index < -0.39 is 10.0 Å². The number of ether oxygens (including phenoxy) is 1. The number of nitrogens with zero attached hydrogens (tertiary/aromatic N) is 1. The maximum Gasteiger partial charge on any atom is 0.246 e. The molecule has 1 N–H and O–H groups in total. The Balaban J connectivity index is 3.47. The highest BCUT2D eigenvalue weighted by atomic mass is 35.5. The maximum atomic E-state index is 12.8. The molecule has 0 saturated carbocycles. The van der Waals surface area contributed by atoms with Crippen LogP contribution >= 0.6 is 11.6 Å². The highest BCUT2D eigenvalue weighted by Crippen LogP contribution is 2.34. The quantitative estimate of drug-likeness (QED) is 0.867. The van der Waals surface area contributed by atoms with E-state index in [-0.39, 0.29) is 34.2 Å². The van der Waals surface area contributed by atoms with Crippen LogP contribution < -0.4 is 4.74 Å². The fourth-order valence-electron chi connectivity index (χ4n) is 1.96. The molecule has 0 heterocycles. The van der Waals surface area contributed by atoms with Crippen LogP contribution in [0.1, 0.15) is 26.3 Å². The summed E-state index contributed by atoms with van der Waals surface area (Å²) in [4.78, 5) is -0.0310. The SMILES string of the molecule is COc1c(CO)cc(Cl)cc1S(=O)(=O)N(C)C(C)C(C)C. The molecule has 5 nitrogen and oxygen atoms in total. The summed E-state index contributed by atoms with van der Waals surface area (Å²) >= 11 is 5.96. The van der Waals surface area contributed by atoms with E-state index in [1.807, 2.05) is 20.8 Å². The van der Waals surface area contributed by atoms with Crippen LogP contribution in [0.3, 0.4) is 0 Å². The number of aliphatic hydroxyl groups excluding tert-OH is 1. The minimum Gasteiger partial charge on any atom is -0.495 e. The van der Waals surface area contributed by atoms with Crippen molar-refractivity contribution in [3.05, 3.63) is 22.7 Å². The normalized spacial score (nSPS) is 13.8. The largest absolute Gasteiger partial charge is 0.495 e. The van der Waals surface area contributed by atoms with Gasteiger partial charge in [-0.2, -0.15) is 4.31 Å². The van der Waals surface area contributed by atoms with E-state index in [0.29, 0.717) is 5.56 Å². The second-order valence-electron chi connectivity index (χ2n) is 5.26. The molecule has 0 radical (unpaired) electrons. The first-order valence-corrected chi connectivity index (χ1v) is 8.43. The fourth-order valence-corrected chi connectivity index (χ4v) is 3.98. The van der Waals surface area contributed by atoms with Crippen molar-refractivity contribution in [3.8, 4) is 5.75 Å². The van der Waals surface area contributed by atoms with Gasteiger partial charge in [-0.1, -0.05) is 25.4 Å². The van der Waals surface area contributed by atoms with E-state index in [9.17, 15) is 13.5 Å². The summed E-state index contributed by atoms with van der Waals surface area (Å²) in [6.07, 6.45) is 0. The molecule has 1 aromatic carbocycles. The third-order valence-corrected chi connectivity index (χ3v) is 5.83. The van der Waals surface area contributed by atoms with Gasteiger partial charge in [-0.25, -0.2) is 8.42 Å². The molecule has 120 valence electrons. The summed E-state index contributed by atoms with van der Waals surface area (Å²) in [5, 5.41) is 9.59. The van der Waals surface area contributed by atoms with E-state index in [4.69, 9.17) is 16.3 Å². The van der Waals surface area contributed by atoms with E-state index >= 15 is 0 Å². The number of hydrogen-bond acceptors (Lipinski definition) is 4. The molecule has 0 aromatic heterocycles. The summed E-state index contributed by atoms with van der Waals surface area (Å²) in [7, 11) is -0.873. The van der Waals surface area contributed by atoms with Gasteiger partial charge < -0.3 is 9.84 Å². The van der Waals surface area contributed by atoms with Gasteiger partial charge in [0.2, 0.25) is 10.0 Å². The number of methoxy groups -OCH3 is 1. The topological polar surface area (TPSA) is 66.8 Å². The number of halogens is 1. The Morgan fingerprint density at radius 3 is 2.33 bits per heavy atom. The van der Waals surface area contributed by atoms with Crippen molar-refractivity contribution in [1.29, 1.82) is 0 Å². The lowest BCUT2D eigenvalue weighted by atomic mass is 10.1. The molecular formula is C14H22ClNO4S. The van der Waals surface area contributed by atoms with Crippen molar-refractivity contribution in [3.63, 3.8) is 0 Å². The van der Waals surface area contributed by atoms with Crippen molar-refractivity contribution < 1.29 is 18.3 Å². The van der Waals surface area contributed by atoms with Crippen LogP contribution in [0.15, 0.2) is 17.0 Å². The molecule has 1 atom stereocenters. The van der Waals surface area contributed by atoms with Gasteiger partial charge in [-0.05, 0) is 25.0 Å². The lowest BCUT2D eigenvalue weighted by molar-refractivity contribution is 0.271. The minimum atomic E-state index is -3.77. The Kier molecular flexibility index (Phi) is 6.04. The number of sulfonamides is 1. The minimum absolute atomic E-state index is 0.0310. The second-order valence-corrected chi connectivity index (χ2v) is 7.66. The molecule has 0 saturated heterocycles. The molecule has 1 rings (SSSR count). The van der Waals surface area contributed by atoms with Gasteiger partial charge in [0.15, 0.2) is 0 Å². The van der Waals surface area contributed by atoms with E-state index in [1.165, 1.54) is 30.6 Å². The van der Waals surface area contributed by atoms with Gasteiger partial charge in [0, 0.05) is 23.7 Å². The number of benzene rings is 1. The van der Waals surface area contributed by atoms with Crippen LogP contribution in [0.4, 0.5) is 0 Å². The fraction of sp³-hybridized carbons (Fsp3) is 0.571. The summed E-state index contributed by atoms with van der Waals surface area (Å²) in [6.45, 7) is 5.39. The molecule has 7 heteroatoms. The first kappa shape index (κ1) is 18.2. The van der Waals surface area contributed by atoms with Crippen LogP contribution in [-0.2, 0) is 16.6 Å². The lowest BCUT2D eigenvalue weighted by Gasteiger charge is -2.28. The van der Waals surface area contributed by atoms with Crippen LogP contribution in [0.25, 0.3) is 0 Å². The molecule has 0 aliphatic carbocycles. The zero-order valence-corrected chi connectivity index (χ0v) is 14.5. The average molecular weight is 336 g/mol. The Morgan fingerprint density at radius 1 is 1.33 bits per heavy atom. The highest BCUT2D eigenvalue weighted by Gasteiger charge is 2.31. The highest BCUT2D eigenvalue weighted by molar-refractivity contribution is 7.89. The molecule has 0 aliphatic rings. The Labute approximate surface area is 131 Å². The summed E-state index contributed by atoms with van der Waals surface area (Å²) < 4.78 is 32.0. The van der Waals surface area contributed by atoms with Crippen molar-refractivity contribution in [1.82, 2.24) is 4.31 Å². The van der Waals surface area contributed by atoms with Gasteiger partial charge in [0.1, 0.15) is 10.6 Å². The average Bonchev–Trinajstić information content (AvgIpc) is 2.44. The third kappa shape index (κ3) is 3.69. The van der Waals surface area contributed by atoms with Gasteiger partial charge in [0.05, 0.1) is 13.7 Å². The number of rotatable bonds is 6. The van der Waals surface area contributed by atoms with Gasteiger partial charge in [0.25, 0.3) is 0 Å². The molecule has 0 amide bonds. The number of hydrogen-bond donors (Lipinski definition) is 1. The molecule has 0 bridgehead atoms. The first-order chi connectivity index (χ1) is 9.66. The molecule has 0 spiro atoms. The standard InChI is InChI=1S/C14H22ClNO4S/c1-9(2)10(3)16(4)21(18,19)13-7-12(15)6-11(8-17)14(13)20-5/h6-7,9-10,17H,8H2,1-5H3. The van der Waals surface area contributed by atoms with Crippen molar-refractivity contribution in [2.45, 2.75) is 38.3 Å². The predicted molar refractivity (Wildman–Crippen MR) is 83.2 cm³/mol. The smallest absolute Gasteiger partial charge is 0.246 e. The second kappa shape index (κ2) is 6.96. The molecular weight excluding hydrogens is 314 g/mol. The Hall–Kier alpha value is -0.820. The van der Waals surface area contributed by atoms with Gasteiger partial charge in [-0.3, -0.25) is 0 Å². The van der Waals surface area contributed by atoms with Crippen LogP contribution in [0.5, 0.6) is 5.75 Å². The van der Waals surface area contributed by atoms with Gasteiger partial charge >= 0.3 is 0 Å². The van der Waals surface area contributed by atoms with E-state index in [1.54, 1.807) is 0 Å². The summed E-state index contributed by atoms with van der Waals surface area (Å²) in [6, 6.07) is 2.65. The van der Waals surface area contributed by atoms with Gasteiger partial charge in [-0.15, -0.1) is 0 Å². The maximum absolute atomic E-state index is 12.8. The number of aliphatic hydroxyl groups is 1. The monoisotopic (exact) mass is 335 g/mol. The Morgan fingerprint density at radius 2 is 1.90 bits per heavy atom. The molecule has 21 heavy (non-hydrogen) atoms. The Bertz CT molecular complexity index is 601.